The molecular weight excluding hydrogens is 178 g/mol. The molecule has 0 atom stereocenters. The van der Waals surface area contributed by atoms with Crippen molar-refractivity contribution in [2.75, 3.05) is 0 Å². The highest BCUT2D eigenvalue weighted by Crippen LogP contribution is 1.97. The highest BCUT2D eigenvalue weighted by Gasteiger charge is 2.05. The Morgan fingerprint density at radius 3 is 2.79 bits per heavy atom. The van der Waals surface area contributed by atoms with Crippen molar-refractivity contribution in [2.24, 2.45) is 5.92 Å². The molecule has 4 nitrogen and oxygen atoms in total. The number of nitrogens with zero attached hydrogens (tertiary/aromatic N) is 2. The molecule has 0 saturated heterocycles. The molecule has 0 saturated carbocycles. The van der Waals surface area contributed by atoms with Gasteiger partial charge in [-0.25, -0.2) is 9.97 Å². The van der Waals surface area contributed by atoms with Crippen LogP contribution < -0.4 is 5.32 Å². The minimum Gasteiger partial charge on any atom is -0.350 e. The molecule has 0 bridgehead atoms. The van der Waals surface area contributed by atoms with E-state index in [0.717, 1.165) is 11.4 Å². The van der Waals surface area contributed by atoms with E-state index in [4.69, 9.17) is 0 Å². The first kappa shape index (κ1) is 10.6. The van der Waals surface area contributed by atoms with Gasteiger partial charge in [-0.05, 0) is 13.0 Å². The number of nitrogens with one attached hydrogen (secondary N) is 1. The fraction of sp³-hybridized carbons (Fsp3) is 0.500. The summed E-state index contributed by atoms with van der Waals surface area (Å²) in [6.07, 6.45) is 1.51. The fourth-order valence-electron chi connectivity index (χ4n) is 0.988. The molecule has 0 aromatic carbocycles. The zero-order chi connectivity index (χ0) is 10.6. The van der Waals surface area contributed by atoms with E-state index in [1.807, 2.05) is 26.8 Å². The summed E-state index contributed by atoms with van der Waals surface area (Å²) >= 11 is 0. The molecule has 4 heteroatoms. The van der Waals surface area contributed by atoms with E-state index >= 15 is 0 Å². The third-order valence-electron chi connectivity index (χ3n) is 1.83. The lowest BCUT2D eigenvalue weighted by Gasteiger charge is -2.06. The Hall–Kier alpha value is -1.45. The van der Waals surface area contributed by atoms with Crippen LogP contribution in [0, 0.1) is 12.8 Å². The van der Waals surface area contributed by atoms with Gasteiger partial charge >= 0.3 is 0 Å². The Balaban J connectivity index is 2.50. The maximum absolute atomic E-state index is 11.2. The van der Waals surface area contributed by atoms with Crippen molar-refractivity contribution in [3.05, 3.63) is 23.8 Å². The van der Waals surface area contributed by atoms with Gasteiger partial charge in [-0.2, -0.15) is 0 Å². The second-order valence-corrected chi connectivity index (χ2v) is 3.52. The van der Waals surface area contributed by atoms with E-state index in [1.54, 1.807) is 0 Å². The molecule has 0 radical (unpaired) electrons. The van der Waals surface area contributed by atoms with E-state index in [9.17, 15) is 4.79 Å². The van der Waals surface area contributed by atoms with Crippen molar-refractivity contribution in [2.45, 2.75) is 27.3 Å². The van der Waals surface area contributed by atoms with Crippen LogP contribution in [0.15, 0.2) is 12.4 Å². The van der Waals surface area contributed by atoms with Crippen LogP contribution in [0.4, 0.5) is 0 Å². The van der Waals surface area contributed by atoms with Gasteiger partial charge in [-0.3, -0.25) is 4.79 Å². The van der Waals surface area contributed by atoms with E-state index in [0.29, 0.717) is 6.54 Å². The number of aryl methyl sites for hydroxylation is 1. The standard InChI is InChI=1S/C10H15N3O/c1-7(2)10(14)11-5-9-4-8(3)12-6-13-9/h4,6-7H,5H2,1-3H3,(H,11,14). The van der Waals surface area contributed by atoms with E-state index < -0.39 is 0 Å². The molecule has 1 rings (SSSR count). The van der Waals surface area contributed by atoms with Crippen LogP contribution in [0.5, 0.6) is 0 Å². The zero-order valence-corrected chi connectivity index (χ0v) is 8.74. The number of aromatic nitrogens is 2. The number of hydrogen-bond donors (Lipinski definition) is 1. The third-order valence-corrected chi connectivity index (χ3v) is 1.83. The van der Waals surface area contributed by atoms with Gasteiger partial charge in [0, 0.05) is 11.6 Å². The van der Waals surface area contributed by atoms with Gasteiger partial charge in [0.2, 0.25) is 5.91 Å². The molecule has 1 amide bonds. The molecule has 76 valence electrons. The lowest BCUT2D eigenvalue weighted by atomic mass is 10.2. The lowest BCUT2D eigenvalue weighted by Crippen LogP contribution is -2.27. The molecule has 1 heterocycles. The highest BCUT2D eigenvalue weighted by molar-refractivity contribution is 5.77. The smallest absolute Gasteiger partial charge is 0.222 e. The lowest BCUT2D eigenvalue weighted by molar-refractivity contribution is -0.124. The Morgan fingerprint density at radius 2 is 2.21 bits per heavy atom. The fourth-order valence-corrected chi connectivity index (χ4v) is 0.988. The maximum atomic E-state index is 11.2. The van der Waals surface area contributed by atoms with Crippen molar-refractivity contribution in [3.63, 3.8) is 0 Å². The second-order valence-electron chi connectivity index (χ2n) is 3.52. The molecule has 1 aromatic heterocycles. The van der Waals surface area contributed by atoms with Gasteiger partial charge in [0.15, 0.2) is 0 Å². The Bertz CT molecular complexity index is 323. The molecule has 0 fully saturated rings. The van der Waals surface area contributed by atoms with Crippen molar-refractivity contribution < 1.29 is 4.79 Å². The summed E-state index contributed by atoms with van der Waals surface area (Å²) in [6, 6.07) is 1.86. The summed E-state index contributed by atoms with van der Waals surface area (Å²) in [5.41, 5.74) is 1.75. The summed E-state index contributed by atoms with van der Waals surface area (Å²) in [5, 5.41) is 2.80. The van der Waals surface area contributed by atoms with Crippen LogP contribution in [-0.2, 0) is 11.3 Å². The quantitative estimate of drug-likeness (QED) is 0.780. The summed E-state index contributed by atoms with van der Waals surface area (Å²) < 4.78 is 0. The van der Waals surface area contributed by atoms with Gasteiger partial charge in [0.1, 0.15) is 6.33 Å². The minimum absolute atomic E-state index is 0.0120. The maximum Gasteiger partial charge on any atom is 0.222 e. The van der Waals surface area contributed by atoms with Crippen LogP contribution in [0.1, 0.15) is 25.2 Å². The summed E-state index contributed by atoms with van der Waals surface area (Å²) in [5.74, 6) is 0.0548. The molecule has 0 spiro atoms. The Morgan fingerprint density at radius 1 is 1.50 bits per heavy atom. The predicted octanol–water partition coefficient (Wildman–Crippen LogP) is 1.06. The molecule has 0 unspecified atom stereocenters. The van der Waals surface area contributed by atoms with Crippen molar-refractivity contribution >= 4 is 5.91 Å². The summed E-state index contributed by atoms with van der Waals surface area (Å²) in [6.45, 7) is 6.09. The Kier molecular flexibility index (Phi) is 3.56. The van der Waals surface area contributed by atoms with E-state index in [-0.39, 0.29) is 11.8 Å². The molecular formula is C10H15N3O. The summed E-state index contributed by atoms with van der Waals surface area (Å²) in [4.78, 5) is 19.3. The van der Waals surface area contributed by atoms with Crippen molar-refractivity contribution in [1.82, 2.24) is 15.3 Å². The number of carbonyl (C=O) groups excluding carboxylic acids is 1. The summed E-state index contributed by atoms with van der Waals surface area (Å²) in [7, 11) is 0. The van der Waals surface area contributed by atoms with E-state index in [1.165, 1.54) is 6.33 Å². The minimum atomic E-state index is 0.0120. The van der Waals surface area contributed by atoms with Crippen LogP contribution in [0.2, 0.25) is 0 Å². The van der Waals surface area contributed by atoms with Gasteiger partial charge < -0.3 is 5.32 Å². The Labute approximate surface area is 83.8 Å². The second kappa shape index (κ2) is 4.69. The first-order valence-corrected chi connectivity index (χ1v) is 4.65. The first-order valence-electron chi connectivity index (χ1n) is 4.65. The molecule has 0 aliphatic carbocycles. The molecule has 0 aliphatic heterocycles. The largest absolute Gasteiger partial charge is 0.350 e. The van der Waals surface area contributed by atoms with Gasteiger partial charge in [0.25, 0.3) is 0 Å². The number of carbonyl (C=O) groups is 1. The molecule has 0 aliphatic rings. The van der Waals surface area contributed by atoms with Crippen LogP contribution >= 0.6 is 0 Å². The number of rotatable bonds is 3. The molecule has 14 heavy (non-hydrogen) atoms. The van der Waals surface area contributed by atoms with Crippen molar-refractivity contribution in [1.29, 1.82) is 0 Å². The average molecular weight is 193 g/mol. The number of hydrogen-bond acceptors (Lipinski definition) is 3. The van der Waals surface area contributed by atoms with Crippen molar-refractivity contribution in [3.8, 4) is 0 Å². The van der Waals surface area contributed by atoms with Gasteiger partial charge in [-0.15, -0.1) is 0 Å². The third kappa shape index (κ3) is 3.12. The van der Waals surface area contributed by atoms with E-state index in [2.05, 4.69) is 15.3 Å². The highest BCUT2D eigenvalue weighted by atomic mass is 16.1. The van der Waals surface area contributed by atoms with Crippen LogP contribution in [0.25, 0.3) is 0 Å². The number of amides is 1. The normalized spacial score (nSPS) is 10.3. The predicted molar refractivity (Wildman–Crippen MR) is 53.5 cm³/mol. The van der Waals surface area contributed by atoms with Crippen LogP contribution in [0.3, 0.4) is 0 Å². The average Bonchev–Trinajstić information content (AvgIpc) is 2.14. The van der Waals surface area contributed by atoms with Gasteiger partial charge in [-0.1, -0.05) is 13.8 Å². The molecule has 1 aromatic rings. The SMILES string of the molecule is Cc1cc(CNC(=O)C(C)C)ncn1. The molecule has 1 N–H and O–H groups in total. The zero-order valence-electron chi connectivity index (χ0n) is 8.74. The monoisotopic (exact) mass is 193 g/mol. The topological polar surface area (TPSA) is 54.9 Å². The first-order chi connectivity index (χ1) is 6.59. The van der Waals surface area contributed by atoms with Gasteiger partial charge in [0.05, 0.1) is 12.2 Å². The van der Waals surface area contributed by atoms with Crippen LogP contribution in [-0.4, -0.2) is 15.9 Å².